The largest absolute Gasteiger partial charge is 0.384 e. The predicted octanol–water partition coefficient (Wildman–Crippen LogP) is 2.00. The standard InChI is InChI=1S/C14H14FNO2S/c15-12-6-5-11(9-10(12)3-1-7-17)16-14(18)13-4-2-8-19-13/h5-6,9,13,17H,2,4,7-8H2,(H,16,18). The maximum absolute atomic E-state index is 13.4. The molecular formula is C14H14FNO2S. The van der Waals surface area contributed by atoms with Gasteiger partial charge < -0.3 is 10.4 Å². The number of aliphatic hydroxyl groups is 1. The molecule has 1 heterocycles. The molecule has 1 saturated heterocycles. The van der Waals surface area contributed by atoms with Gasteiger partial charge in [0.1, 0.15) is 12.4 Å². The smallest absolute Gasteiger partial charge is 0.237 e. The number of nitrogens with one attached hydrogen (secondary N) is 1. The zero-order chi connectivity index (χ0) is 13.7. The van der Waals surface area contributed by atoms with E-state index in [9.17, 15) is 9.18 Å². The molecule has 1 aromatic carbocycles. The van der Waals surface area contributed by atoms with Gasteiger partial charge in [-0.15, -0.1) is 11.8 Å². The Bertz CT molecular complexity index is 530. The van der Waals surface area contributed by atoms with Gasteiger partial charge in [-0.2, -0.15) is 0 Å². The molecular weight excluding hydrogens is 265 g/mol. The first-order chi connectivity index (χ1) is 9.20. The highest BCUT2D eigenvalue weighted by Crippen LogP contribution is 2.27. The second-order valence-corrected chi connectivity index (χ2v) is 5.46. The van der Waals surface area contributed by atoms with Crippen LogP contribution in [0.4, 0.5) is 10.1 Å². The molecule has 1 aliphatic heterocycles. The van der Waals surface area contributed by atoms with Crippen molar-refractivity contribution in [1.82, 2.24) is 0 Å². The minimum Gasteiger partial charge on any atom is -0.384 e. The molecule has 19 heavy (non-hydrogen) atoms. The fraction of sp³-hybridized carbons (Fsp3) is 0.357. The highest BCUT2D eigenvalue weighted by molar-refractivity contribution is 8.00. The molecule has 1 unspecified atom stereocenters. The van der Waals surface area contributed by atoms with E-state index in [1.807, 2.05) is 0 Å². The lowest BCUT2D eigenvalue weighted by Crippen LogP contribution is -2.22. The van der Waals surface area contributed by atoms with Crippen molar-refractivity contribution in [3.63, 3.8) is 0 Å². The number of carbonyl (C=O) groups excluding carboxylic acids is 1. The van der Waals surface area contributed by atoms with Crippen molar-refractivity contribution in [3.8, 4) is 11.8 Å². The number of hydrogen-bond acceptors (Lipinski definition) is 3. The lowest BCUT2D eigenvalue weighted by molar-refractivity contribution is -0.115. The molecule has 0 aliphatic carbocycles. The number of hydrogen-bond donors (Lipinski definition) is 2. The van der Waals surface area contributed by atoms with Gasteiger partial charge in [-0.1, -0.05) is 11.8 Å². The number of anilines is 1. The molecule has 0 bridgehead atoms. The molecule has 1 aromatic rings. The Balaban J connectivity index is 2.10. The third kappa shape index (κ3) is 3.72. The van der Waals surface area contributed by atoms with E-state index >= 15 is 0 Å². The van der Waals surface area contributed by atoms with E-state index in [1.54, 1.807) is 11.8 Å². The SMILES string of the molecule is O=C(Nc1ccc(F)c(C#CCO)c1)C1CCCS1. The number of halogens is 1. The fourth-order valence-corrected chi connectivity index (χ4v) is 3.00. The van der Waals surface area contributed by atoms with Crippen LogP contribution >= 0.6 is 11.8 Å². The first-order valence-corrected chi connectivity index (χ1v) is 7.07. The van der Waals surface area contributed by atoms with E-state index in [-0.39, 0.29) is 23.3 Å². The van der Waals surface area contributed by atoms with Gasteiger partial charge in [0.05, 0.1) is 10.8 Å². The molecule has 2 rings (SSSR count). The van der Waals surface area contributed by atoms with Gasteiger partial charge in [0.25, 0.3) is 0 Å². The summed E-state index contributed by atoms with van der Waals surface area (Å²) >= 11 is 1.64. The highest BCUT2D eigenvalue weighted by Gasteiger charge is 2.23. The molecule has 1 fully saturated rings. The van der Waals surface area contributed by atoms with Crippen LogP contribution in [0.25, 0.3) is 0 Å². The zero-order valence-corrected chi connectivity index (χ0v) is 11.1. The summed E-state index contributed by atoms with van der Waals surface area (Å²) in [4.78, 5) is 11.9. The summed E-state index contributed by atoms with van der Waals surface area (Å²) in [6, 6.07) is 4.26. The molecule has 1 amide bonds. The summed E-state index contributed by atoms with van der Waals surface area (Å²) < 4.78 is 13.4. The summed E-state index contributed by atoms with van der Waals surface area (Å²) in [5.74, 6) is 5.40. The van der Waals surface area contributed by atoms with Gasteiger partial charge in [0.2, 0.25) is 5.91 Å². The molecule has 2 N–H and O–H groups in total. The van der Waals surface area contributed by atoms with Gasteiger partial charge in [0.15, 0.2) is 0 Å². The van der Waals surface area contributed by atoms with Crippen LogP contribution in [-0.2, 0) is 4.79 Å². The number of thioether (sulfide) groups is 1. The Morgan fingerprint density at radius 1 is 1.58 bits per heavy atom. The van der Waals surface area contributed by atoms with Crippen LogP contribution in [0.5, 0.6) is 0 Å². The van der Waals surface area contributed by atoms with Gasteiger partial charge in [-0.3, -0.25) is 4.79 Å². The quantitative estimate of drug-likeness (QED) is 0.814. The lowest BCUT2D eigenvalue weighted by atomic mass is 10.2. The maximum Gasteiger partial charge on any atom is 0.237 e. The Hall–Kier alpha value is -1.51. The number of rotatable bonds is 2. The molecule has 100 valence electrons. The molecule has 0 radical (unpaired) electrons. The van der Waals surface area contributed by atoms with Crippen LogP contribution in [0.15, 0.2) is 18.2 Å². The number of benzene rings is 1. The van der Waals surface area contributed by atoms with Crippen LogP contribution in [0.2, 0.25) is 0 Å². The van der Waals surface area contributed by atoms with Crippen molar-refractivity contribution in [1.29, 1.82) is 0 Å². The minimum absolute atomic E-state index is 0.0166. The second-order valence-electron chi connectivity index (χ2n) is 4.15. The van der Waals surface area contributed by atoms with Crippen LogP contribution < -0.4 is 5.32 Å². The van der Waals surface area contributed by atoms with Crippen molar-refractivity contribution < 1.29 is 14.3 Å². The predicted molar refractivity (Wildman–Crippen MR) is 74.5 cm³/mol. The summed E-state index contributed by atoms with van der Waals surface area (Å²) in [6.07, 6.45) is 1.94. The van der Waals surface area contributed by atoms with E-state index in [0.29, 0.717) is 5.69 Å². The third-order valence-electron chi connectivity index (χ3n) is 2.76. The van der Waals surface area contributed by atoms with Gasteiger partial charge in [0, 0.05) is 5.69 Å². The van der Waals surface area contributed by atoms with E-state index in [4.69, 9.17) is 5.11 Å². The normalized spacial score (nSPS) is 17.7. The first kappa shape index (κ1) is 13.9. The van der Waals surface area contributed by atoms with Crippen molar-refractivity contribution in [2.45, 2.75) is 18.1 Å². The number of carbonyl (C=O) groups is 1. The van der Waals surface area contributed by atoms with Crippen molar-refractivity contribution in [2.24, 2.45) is 0 Å². The second kappa shape index (κ2) is 6.60. The molecule has 0 saturated carbocycles. The van der Waals surface area contributed by atoms with Gasteiger partial charge >= 0.3 is 0 Å². The van der Waals surface area contributed by atoms with Crippen LogP contribution in [0, 0.1) is 17.7 Å². The molecule has 0 aromatic heterocycles. The summed E-state index contributed by atoms with van der Waals surface area (Å²) in [7, 11) is 0. The summed E-state index contributed by atoms with van der Waals surface area (Å²) in [5, 5.41) is 11.4. The summed E-state index contributed by atoms with van der Waals surface area (Å²) in [5.41, 5.74) is 0.701. The van der Waals surface area contributed by atoms with Crippen LogP contribution in [-0.4, -0.2) is 28.6 Å². The number of amides is 1. The minimum atomic E-state index is -0.464. The third-order valence-corrected chi connectivity index (χ3v) is 4.13. The average molecular weight is 279 g/mol. The molecule has 1 atom stereocenters. The van der Waals surface area contributed by atoms with Crippen molar-refractivity contribution in [3.05, 3.63) is 29.6 Å². The van der Waals surface area contributed by atoms with Crippen molar-refractivity contribution in [2.75, 3.05) is 17.7 Å². The Morgan fingerprint density at radius 3 is 3.11 bits per heavy atom. The average Bonchev–Trinajstić information content (AvgIpc) is 2.93. The van der Waals surface area contributed by atoms with E-state index in [1.165, 1.54) is 18.2 Å². The Kier molecular flexibility index (Phi) is 4.83. The maximum atomic E-state index is 13.4. The molecule has 5 heteroatoms. The van der Waals surface area contributed by atoms with E-state index in [0.717, 1.165) is 18.6 Å². The summed E-state index contributed by atoms with van der Waals surface area (Å²) in [6.45, 7) is -0.325. The van der Waals surface area contributed by atoms with Crippen LogP contribution in [0.3, 0.4) is 0 Å². The topological polar surface area (TPSA) is 49.3 Å². The van der Waals surface area contributed by atoms with Gasteiger partial charge in [-0.05, 0) is 36.8 Å². The molecule has 0 spiro atoms. The Morgan fingerprint density at radius 2 is 2.42 bits per heavy atom. The zero-order valence-electron chi connectivity index (χ0n) is 10.3. The fourth-order valence-electron chi connectivity index (χ4n) is 1.84. The monoisotopic (exact) mass is 279 g/mol. The van der Waals surface area contributed by atoms with E-state index < -0.39 is 5.82 Å². The van der Waals surface area contributed by atoms with Crippen molar-refractivity contribution >= 4 is 23.4 Å². The lowest BCUT2D eigenvalue weighted by Gasteiger charge is -2.10. The Labute approximate surface area is 115 Å². The first-order valence-electron chi connectivity index (χ1n) is 6.02. The van der Waals surface area contributed by atoms with E-state index in [2.05, 4.69) is 17.2 Å². The highest BCUT2D eigenvalue weighted by atomic mass is 32.2. The number of aliphatic hydroxyl groups excluding tert-OH is 1. The van der Waals surface area contributed by atoms with Crippen LogP contribution in [0.1, 0.15) is 18.4 Å². The molecule has 3 nitrogen and oxygen atoms in total. The molecule has 1 aliphatic rings. The van der Waals surface area contributed by atoms with Gasteiger partial charge in [-0.25, -0.2) is 4.39 Å².